The smallest absolute Gasteiger partial charge is 0.408 e. The fraction of sp³-hybridized carbons (Fsp3) is 0.690. The first-order valence-electron chi connectivity index (χ1n) is 13.3. The van der Waals surface area contributed by atoms with Crippen LogP contribution in [0.15, 0.2) is 18.2 Å². The number of rotatable bonds is 12. The van der Waals surface area contributed by atoms with E-state index in [4.69, 9.17) is 4.74 Å². The fourth-order valence-electron chi connectivity index (χ4n) is 3.99. The summed E-state index contributed by atoms with van der Waals surface area (Å²) in [5.74, 6) is 0.143. The minimum absolute atomic E-state index is 0.219. The Morgan fingerprint density at radius 3 is 2.19 bits per heavy atom. The van der Waals surface area contributed by atoms with Crippen molar-refractivity contribution >= 4 is 29.7 Å². The van der Waals surface area contributed by atoms with Crippen molar-refractivity contribution in [2.24, 2.45) is 0 Å². The van der Waals surface area contributed by atoms with Crippen molar-refractivity contribution in [3.05, 3.63) is 34.9 Å². The number of nitrogens with one attached hydrogen (secondary N) is 2. The van der Waals surface area contributed by atoms with Crippen LogP contribution in [0.1, 0.15) is 96.9 Å². The summed E-state index contributed by atoms with van der Waals surface area (Å²) in [6.07, 6.45) is 4.68. The van der Waals surface area contributed by atoms with Crippen LogP contribution in [0.4, 0.5) is 4.79 Å². The molecule has 0 spiro atoms. The van der Waals surface area contributed by atoms with Gasteiger partial charge in [-0.25, -0.2) is 4.79 Å². The third kappa shape index (κ3) is 11.0. The molecule has 2 N–H and O–H groups in total. The van der Waals surface area contributed by atoms with E-state index in [9.17, 15) is 14.4 Å². The molecule has 0 fully saturated rings. The van der Waals surface area contributed by atoms with Gasteiger partial charge < -0.3 is 20.3 Å². The molecule has 0 aromatic heterocycles. The van der Waals surface area contributed by atoms with E-state index in [0.717, 1.165) is 36.0 Å². The molecule has 1 rings (SSSR count). The van der Waals surface area contributed by atoms with Crippen molar-refractivity contribution in [2.75, 3.05) is 18.6 Å². The van der Waals surface area contributed by atoms with E-state index in [2.05, 4.69) is 17.6 Å². The first-order chi connectivity index (χ1) is 17.1. The Bertz CT molecular complexity index is 905. The number of unbranched alkanes of at least 4 members (excludes halogenated alkanes) is 2. The number of carbonyl (C=O) groups is 3. The van der Waals surface area contributed by atoms with Crippen LogP contribution >= 0.6 is 11.8 Å². The van der Waals surface area contributed by atoms with E-state index in [1.54, 1.807) is 37.4 Å². The van der Waals surface area contributed by atoms with Gasteiger partial charge in [0, 0.05) is 12.1 Å². The molecule has 0 aliphatic rings. The molecular formula is C29H49N3O4S. The lowest BCUT2D eigenvalue weighted by molar-refractivity contribution is -0.148. The summed E-state index contributed by atoms with van der Waals surface area (Å²) in [6.45, 7) is 17.8. The van der Waals surface area contributed by atoms with Crippen molar-refractivity contribution in [1.29, 1.82) is 0 Å². The van der Waals surface area contributed by atoms with Crippen LogP contribution in [-0.4, -0.2) is 58.5 Å². The predicted molar refractivity (Wildman–Crippen MR) is 154 cm³/mol. The van der Waals surface area contributed by atoms with Crippen molar-refractivity contribution < 1.29 is 19.1 Å². The van der Waals surface area contributed by atoms with E-state index >= 15 is 0 Å². The molecule has 0 heterocycles. The van der Waals surface area contributed by atoms with Gasteiger partial charge in [-0.05, 0) is 96.9 Å². The van der Waals surface area contributed by atoms with Gasteiger partial charge in [-0.15, -0.1) is 0 Å². The maximum Gasteiger partial charge on any atom is 0.408 e. The lowest BCUT2D eigenvalue weighted by Gasteiger charge is -2.43. The topological polar surface area (TPSA) is 87.7 Å². The van der Waals surface area contributed by atoms with Gasteiger partial charge in [-0.3, -0.25) is 9.59 Å². The van der Waals surface area contributed by atoms with Crippen LogP contribution < -0.4 is 10.6 Å². The molecule has 0 bridgehead atoms. The summed E-state index contributed by atoms with van der Waals surface area (Å²) in [5.41, 5.74) is 1.52. The average molecular weight is 536 g/mol. The minimum atomic E-state index is -0.842. The van der Waals surface area contributed by atoms with Crippen molar-refractivity contribution in [3.8, 4) is 0 Å². The molecule has 3 amide bonds. The molecule has 0 aliphatic carbocycles. The number of hydrogen-bond donors (Lipinski definition) is 2. The molecule has 37 heavy (non-hydrogen) atoms. The van der Waals surface area contributed by atoms with Gasteiger partial charge in [0.2, 0.25) is 11.8 Å². The lowest BCUT2D eigenvalue weighted by atomic mass is 9.93. The second-order valence-electron chi connectivity index (χ2n) is 11.6. The number of carbonyl (C=O) groups excluding carboxylic acids is 3. The summed E-state index contributed by atoms with van der Waals surface area (Å²) in [7, 11) is 0. The molecule has 7 nitrogen and oxygen atoms in total. The van der Waals surface area contributed by atoms with Gasteiger partial charge in [0.25, 0.3) is 0 Å². The SMILES string of the molecule is CCCCCNC(=O)C(c1ccc(C)c(C)c1)N(C(=O)C(CCSC)NC(=O)OC(C)(C)C)C(C)(C)C. The molecule has 0 radical (unpaired) electrons. The van der Waals surface area contributed by atoms with Gasteiger partial charge in [0.1, 0.15) is 17.7 Å². The standard InChI is InChI=1S/C29H49N3O4S/c1-11-12-13-17-30-25(33)24(22-15-14-20(2)21(3)19-22)32(28(4,5)6)26(34)23(16-18-37-10)31-27(35)36-29(7,8)9/h14-15,19,23-24H,11-13,16-18H2,1-10H3,(H,30,33)(H,31,35). The first kappa shape index (κ1) is 32.8. The summed E-state index contributed by atoms with van der Waals surface area (Å²) in [4.78, 5) is 42.2. The number of ether oxygens (including phenoxy) is 1. The maximum atomic E-state index is 14.2. The molecule has 2 atom stereocenters. The van der Waals surface area contributed by atoms with Crippen LogP contribution in [-0.2, 0) is 14.3 Å². The molecule has 1 aromatic carbocycles. The number of amides is 3. The van der Waals surface area contributed by atoms with Crippen molar-refractivity contribution in [1.82, 2.24) is 15.5 Å². The third-order valence-corrected chi connectivity index (χ3v) is 6.64. The Balaban J connectivity index is 3.51. The average Bonchev–Trinajstić information content (AvgIpc) is 2.77. The fourth-order valence-corrected chi connectivity index (χ4v) is 4.46. The summed E-state index contributed by atoms with van der Waals surface area (Å²) < 4.78 is 5.45. The largest absolute Gasteiger partial charge is 0.444 e. The van der Waals surface area contributed by atoms with Crippen LogP contribution in [0, 0.1) is 13.8 Å². The van der Waals surface area contributed by atoms with Gasteiger partial charge >= 0.3 is 6.09 Å². The monoisotopic (exact) mass is 535 g/mol. The minimum Gasteiger partial charge on any atom is -0.444 e. The molecule has 210 valence electrons. The Morgan fingerprint density at radius 1 is 1.03 bits per heavy atom. The quantitative estimate of drug-likeness (QED) is 0.324. The number of thioether (sulfide) groups is 1. The van der Waals surface area contributed by atoms with E-state index in [-0.39, 0.29) is 11.8 Å². The second kappa shape index (κ2) is 14.6. The highest BCUT2D eigenvalue weighted by Crippen LogP contribution is 2.31. The number of aryl methyl sites for hydroxylation is 2. The van der Waals surface area contributed by atoms with Crippen LogP contribution in [0.2, 0.25) is 0 Å². The van der Waals surface area contributed by atoms with Crippen LogP contribution in [0.5, 0.6) is 0 Å². The molecule has 0 saturated carbocycles. The summed E-state index contributed by atoms with van der Waals surface area (Å²) in [5, 5.41) is 5.85. The normalized spacial score (nSPS) is 13.5. The highest BCUT2D eigenvalue weighted by Gasteiger charge is 2.41. The maximum absolute atomic E-state index is 14.2. The van der Waals surface area contributed by atoms with Crippen molar-refractivity contribution in [2.45, 2.75) is 111 Å². The zero-order chi connectivity index (χ0) is 28.4. The van der Waals surface area contributed by atoms with Crippen LogP contribution in [0.25, 0.3) is 0 Å². The molecule has 2 unspecified atom stereocenters. The van der Waals surface area contributed by atoms with E-state index in [1.807, 2.05) is 59.1 Å². The molecule has 0 saturated heterocycles. The predicted octanol–water partition coefficient (Wildman–Crippen LogP) is 5.92. The Hall–Kier alpha value is -2.22. The lowest BCUT2D eigenvalue weighted by Crippen LogP contribution is -2.58. The summed E-state index contributed by atoms with van der Waals surface area (Å²) in [6, 6.07) is 4.21. The molecule has 1 aromatic rings. The number of alkyl carbamates (subject to hydrolysis) is 1. The number of nitrogens with zero attached hydrogens (tertiary/aromatic N) is 1. The van der Waals surface area contributed by atoms with E-state index in [0.29, 0.717) is 18.7 Å². The van der Waals surface area contributed by atoms with Gasteiger partial charge in [-0.1, -0.05) is 38.0 Å². The van der Waals surface area contributed by atoms with Gasteiger partial charge in [0.15, 0.2) is 0 Å². The third-order valence-electron chi connectivity index (χ3n) is 5.99. The Labute approximate surface area is 228 Å². The number of hydrogen-bond acceptors (Lipinski definition) is 5. The summed E-state index contributed by atoms with van der Waals surface area (Å²) >= 11 is 1.59. The highest BCUT2D eigenvalue weighted by atomic mass is 32.2. The molecule has 0 aliphatic heterocycles. The Morgan fingerprint density at radius 2 is 1.68 bits per heavy atom. The molecule has 8 heteroatoms. The van der Waals surface area contributed by atoms with Crippen molar-refractivity contribution in [3.63, 3.8) is 0 Å². The molecular weight excluding hydrogens is 486 g/mol. The van der Waals surface area contributed by atoms with Gasteiger partial charge in [0.05, 0.1) is 0 Å². The van der Waals surface area contributed by atoms with E-state index in [1.165, 1.54) is 0 Å². The zero-order valence-corrected chi connectivity index (χ0v) is 25.4. The zero-order valence-electron chi connectivity index (χ0n) is 24.6. The highest BCUT2D eigenvalue weighted by molar-refractivity contribution is 7.98. The van der Waals surface area contributed by atoms with E-state index < -0.39 is 29.3 Å². The second-order valence-corrected chi connectivity index (χ2v) is 12.6. The Kier molecular flexibility index (Phi) is 13.0. The van der Waals surface area contributed by atoms with Crippen LogP contribution in [0.3, 0.4) is 0 Å². The number of benzene rings is 1. The van der Waals surface area contributed by atoms with Gasteiger partial charge in [-0.2, -0.15) is 11.8 Å². The first-order valence-corrected chi connectivity index (χ1v) is 14.7.